The van der Waals surface area contributed by atoms with Crippen LogP contribution in [-0.4, -0.2) is 61.9 Å². The van der Waals surface area contributed by atoms with E-state index in [0.29, 0.717) is 30.0 Å². The summed E-state index contributed by atoms with van der Waals surface area (Å²) in [5, 5.41) is 31.3. The zero-order valence-corrected chi connectivity index (χ0v) is 30.1. The van der Waals surface area contributed by atoms with E-state index < -0.39 is 46.9 Å². The number of aliphatic hydroxyl groups excluding tert-OH is 1. The second-order valence-corrected chi connectivity index (χ2v) is 14.1. The number of amides is 3. The highest BCUT2D eigenvalue weighted by molar-refractivity contribution is 5.97. The van der Waals surface area contributed by atoms with E-state index in [0.717, 1.165) is 31.2 Å². The van der Waals surface area contributed by atoms with Gasteiger partial charge in [-0.3, -0.25) is 24.5 Å². The van der Waals surface area contributed by atoms with Gasteiger partial charge in [0.15, 0.2) is 0 Å². The number of imidazole rings is 1. The fourth-order valence-corrected chi connectivity index (χ4v) is 6.72. The molecule has 1 aromatic heterocycles. The molecule has 0 bridgehead atoms. The molecule has 0 saturated heterocycles. The Labute approximate surface area is 305 Å². The maximum Gasteiger partial charge on any atom is 0.269 e. The summed E-state index contributed by atoms with van der Waals surface area (Å²) in [7, 11) is 0. The Bertz CT molecular complexity index is 1620. The molecule has 1 fully saturated rings. The molecule has 1 aliphatic rings. The van der Waals surface area contributed by atoms with Crippen LogP contribution in [0.15, 0.2) is 85.9 Å². The summed E-state index contributed by atoms with van der Waals surface area (Å²) in [6.07, 6.45) is 13.8. The third-order valence-corrected chi connectivity index (χ3v) is 9.84. The van der Waals surface area contributed by atoms with Gasteiger partial charge >= 0.3 is 0 Å². The minimum Gasteiger partial charge on any atom is -0.391 e. The first-order valence-corrected chi connectivity index (χ1v) is 18.2. The predicted octanol–water partition coefficient (Wildman–Crippen LogP) is 5.45. The van der Waals surface area contributed by atoms with Crippen LogP contribution >= 0.6 is 0 Å². The number of aromatic nitrogens is 2. The Hall–Kier alpha value is -5.10. The van der Waals surface area contributed by atoms with Gasteiger partial charge in [-0.2, -0.15) is 0 Å². The van der Waals surface area contributed by atoms with E-state index in [-0.39, 0.29) is 30.4 Å². The normalized spacial score (nSPS) is 16.4. The highest BCUT2D eigenvalue weighted by atomic mass is 16.6. The van der Waals surface area contributed by atoms with E-state index >= 15 is 0 Å². The minimum atomic E-state index is -1.04. The van der Waals surface area contributed by atoms with Crippen molar-refractivity contribution in [2.75, 3.05) is 0 Å². The van der Waals surface area contributed by atoms with Crippen molar-refractivity contribution in [3.8, 4) is 0 Å². The number of benzene rings is 2. The smallest absolute Gasteiger partial charge is 0.269 e. The number of hydrogen-bond donors (Lipinski definition) is 5. The molecular weight excluding hydrogens is 660 g/mol. The molecule has 1 aliphatic carbocycles. The lowest BCUT2D eigenvalue weighted by molar-refractivity contribution is -0.384. The largest absolute Gasteiger partial charge is 0.391 e. The third kappa shape index (κ3) is 12.6. The number of nitrogens with zero attached hydrogens (tertiary/aromatic N) is 2. The number of nitro benzene ring substituents is 1. The molecular formula is C40H52N6O6. The number of aliphatic hydroxyl groups is 1. The maximum atomic E-state index is 14.1. The van der Waals surface area contributed by atoms with Gasteiger partial charge in [0.1, 0.15) is 12.1 Å². The summed E-state index contributed by atoms with van der Waals surface area (Å²) in [4.78, 5) is 58.9. The fraction of sp³-hybridized carbons (Fsp3) is 0.450. The Balaban J connectivity index is 1.54. The van der Waals surface area contributed by atoms with Crippen LogP contribution in [0.5, 0.6) is 0 Å². The van der Waals surface area contributed by atoms with Crippen LogP contribution < -0.4 is 16.0 Å². The first-order valence-electron chi connectivity index (χ1n) is 18.2. The molecule has 52 heavy (non-hydrogen) atoms. The number of aromatic amines is 1. The van der Waals surface area contributed by atoms with Crippen molar-refractivity contribution in [2.24, 2.45) is 17.8 Å². The molecule has 3 aromatic rings. The summed E-state index contributed by atoms with van der Waals surface area (Å²) in [5.74, 6) is -0.840. The predicted molar refractivity (Wildman–Crippen MR) is 201 cm³/mol. The van der Waals surface area contributed by atoms with Gasteiger partial charge in [-0.05, 0) is 59.9 Å². The van der Waals surface area contributed by atoms with Gasteiger partial charge in [-0.1, -0.05) is 82.4 Å². The monoisotopic (exact) mass is 712 g/mol. The van der Waals surface area contributed by atoms with Gasteiger partial charge in [-0.25, -0.2) is 4.98 Å². The van der Waals surface area contributed by atoms with Crippen molar-refractivity contribution in [1.29, 1.82) is 0 Å². The molecule has 12 heteroatoms. The number of rotatable bonds is 19. The quantitative estimate of drug-likeness (QED) is 0.0475. The number of non-ortho nitro benzene ring substituents is 1. The standard InChI is InChI=1S/C40H52N6O6/c1-4-31(27(2)3)23-37(47)34(21-29-11-7-5-8-12-29)44-40(50)36(24-32-25-41-26-42-32)45-39(49)35(22-30-13-9-6-10-14-30)43-38(48)20-17-28-15-18-33(19-16-28)46(51)52/h4,6,9-10,13-20,25-27,29,31,34-37,47H,1,5,7-8,11-12,21-24H2,2-3H3,(H,41,42)(H,43,48)(H,44,50)(H,45,49)/t31-,34-,35-,36-,37-/m0/s1. The highest BCUT2D eigenvalue weighted by Gasteiger charge is 2.32. The summed E-state index contributed by atoms with van der Waals surface area (Å²) >= 11 is 0. The Morgan fingerprint density at radius 3 is 2.27 bits per heavy atom. The number of carbonyl (C=O) groups excluding carboxylic acids is 3. The lowest BCUT2D eigenvalue weighted by Gasteiger charge is -2.33. The zero-order valence-electron chi connectivity index (χ0n) is 30.1. The average molecular weight is 713 g/mol. The Morgan fingerprint density at radius 1 is 0.981 bits per heavy atom. The zero-order chi connectivity index (χ0) is 37.5. The third-order valence-electron chi connectivity index (χ3n) is 9.84. The van der Waals surface area contributed by atoms with E-state index in [1.807, 2.05) is 36.4 Å². The van der Waals surface area contributed by atoms with Gasteiger partial charge < -0.3 is 26.0 Å². The Morgan fingerprint density at radius 2 is 1.65 bits per heavy atom. The molecule has 0 spiro atoms. The minimum absolute atomic E-state index is 0.0677. The average Bonchev–Trinajstić information content (AvgIpc) is 3.66. The topological polar surface area (TPSA) is 179 Å². The van der Waals surface area contributed by atoms with Gasteiger partial charge in [0.05, 0.1) is 23.4 Å². The van der Waals surface area contributed by atoms with E-state index in [1.165, 1.54) is 49.2 Å². The van der Waals surface area contributed by atoms with Crippen molar-refractivity contribution < 1.29 is 24.4 Å². The SMILES string of the molecule is C=C[C@@H](C[C@H](O)[C@H](CC1CCCCC1)NC(=O)[C@H](Cc1cnc[nH]1)NC(=O)[C@H](Cc1ccccc1)NC(=O)C=Cc1ccc([N+](=O)[O-])cc1)C(C)C. The number of carbonyl (C=O) groups is 3. The number of nitro groups is 1. The second kappa shape index (κ2) is 20.1. The van der Waals surface area contributed by atoms with Crippen molar-refractivity contribution in [3.05, 3.63) is 113 Å². The number of H-pyrrole nitrogens is 1. The van der Waals surface area contributed by atoms with Crippen molar-refractivity contribution in [3.63, 3.8) is 0 Å². The molecule has 5 atom stereocenters. The van der Waals surface area contributed by atoms with Crippen LogP contribution in [-0.2, 0) is 27.2 Å². The number of allylic oxidation sites excluding steroid dienone is 1. The first kappa shape index (κ1) is 39.7. The van der Waals surface area contributed by atoms with Crippen LogP contribution in [0.3, 0.4) is 0 Å². The maximum absolute atomic E-state index is 14.1. The molecule has 278 valence electrons. The second-order valence-electron chi connectivity index (χ2n) is 14.1. The van der Waals surface area contributed by atoms with Crippen LogP contribution in [0, 0.1) is 27.9 Å². The molecule has 1 saturated carbocycles. The summed E-state index contributed by atoms with van der Waals surface area (Å²) in [5.41, 5.74) is 1.93. The molecule has 4 rings (SSSR count). The summed E-state index contributed by atoms with van der Waals surface area (Å²) in [6, 6.07) is 12.3. The van der Waals surface area contributed by atoms with E-state index in [9.17, 15) is 29.6 Å². The van der Waals surface area contributed by atoms with Crippen LogP contribution in [0.2, 0.25) is 0 Å². The Kier molecular flexibility index (Phi) is 15.3. The molecule has 2 aromatic carbocycles. The summed E-state index contributed by atoms with van der Waals surface area (Å²) in [6.45, 7) is 8.13. The van der Waals surface area contributed by atoms with E-state index in [2.05, 4.69) is 46.3 Å². The lowest BCUT2D eigenvalue weighted by atomic mass is 9.81. The van der Waals surface area contributed by atoms with Gasteiger partial charge in [0.2, 0.25) is 17.7 Å². The fourth-order valence-electron chi connectivity index (χ4n) is 6.72. The number of hydrogen-bond acceptors (Lipinski definition) is 7. The van der Waals surface area contributed by atoms with Gasteiger partial charge in [-0.15, -0.1) is 6.58 Å². The van der Waals surface area contributed by atoms with Crippen LogP contribution in [0.25, 0.3) is 6.08 Å². The van der Waals surface area contributed by atoms with Crippen molar-refractivity contribution >= 4 is 29.5 Å². The molecule has 0 radical (unpaired) electrons. The molecule has 1 heterocycles. The van der Waals surface area contributed by atoms with Crippen molar-refractivity contribution in [2.45, 2.75) is 95.9 Å². The van der Waals surface area contributed by atoms with E-state index in [4.69, 9.17) is 0 Å². The van der Waals surface area contributed by atoms with Crippen LogP contribution in [0.1, 0.15) is 75.6 Å². The lowest BCUT2D eigenvalue weighted by Crippen LogP contribution is -2.57. The molecule has 0 aliphatic heterocycles. The molecule has 3 amide bonds. The van der Waals surface area contributed by atoms with Gasteiger partial charge in [0.25, 0.3) is 5.69 Å². The number of nitrogens with one attached hydrogen (secondary N) is 4. The summed E-state index contributed by atoms with van der Waals surface area (Å²) < 4.78 is 0. The van der Waals surface area contributed by atoms with Gasteiger partial charge in [0, 0.05) is 42.9 Å². The molecule has 0 unspecified atom stereocenters. The van der Waals surface area contributed by atoms with Crippen molar-refractivity contribution in [1.82, 2.24) is 25.9 Å². The highest BCUT2D eigenvalue weighted by Crippen LogP contribution is 2.30. The van der Waals surface area contributed by atoms with E-state index in [1.54, 1.807) is 6.20 Å². The molecule has 12 nitrogen and oxygen atoms in total. The molecule has 5 N–H and O–H groups in total. The first-order chi connectivity index (χ1) is 25.0. The van der Waals surface area contributed by atoms with Crippen LogP contribution in [0.4, 0.5) is 5.69 Å².